The maximum absolute atomic E-state index is 10.8. The number of rotatable bonds is 5. The van der Waals surface area contributed by atoms with Gasteiger partial charge >= 0.3 is 13.8 Å². The Morgan fingerprint density at radius 1 is 1.50 bits per heavy atom. The Morgan fingerprint density at radius 3 is 2.36 bits per heavy atom. The molecule has 0 amide bonds. The monoisotopic (exact) mass is 232 g/mol. The van der Waals surface area contributed by atoms with E-state index >= 15 is 0 Å². The lowest BCUT2D eigenvalue weighted by atomic mass is 10.2. The average molecular weight is 232 g/mol. The molecule has 0 fully saturated rings. The van der Waals surface area contributed by atoms with Gasteiger partial charge in [0.2, 0.25) is 0 Å². The van der Waals surface area contributed by atoms with Crippen molar-refractivity contribution in [1.29, 1.82) is 0 Å². The highest BCUT2D eigenvalue weighted by atomic mass is 31.2. The number of hydrogen-bond acceptors (Lipinski definition) is 5. The number of carbonyl (C=O) groups excluding carboxylic acids is 1. The van der Waals surface area contributed by atoms with Gasteiger partial charge in [-0.3, -0.25) is 14.5 Å². The summed E-state index contributed by atoms with van der Waals surface area (Å²) in [6.45, 7) is 0.358. The van der Waals surface area contributed by atoms with Crippen LogP contribution in [0.1, 0.15) is 12.8 Å². The number of hydrogen-bond donors (Lipinski definition) is 4. The number of carbonyl (C=O) groups is 1. The first-order valence-electron chi connectivity index (χ1n) is 3.61. The lowest BCUT2D eigenvalue weighted by molar-refractivity contribution is -0.137. The minimum atomic E-state index is -4.77. The van der Waals surface area contributed by atoms with Crippen molar-refractivity contribution in [2.45, 2.75) is 18.9 Å². The van der Waals surface area contributed by atoms with Gasteiger partial charge in [-0.05, 0) is 19.4 Å². The molecule has 0 unspecified atom stereocenters. The summed E-state index contributed by atoms with van der Waals surface area (Å²) in [5.74, 6) is -1.11. The topological polar surface area (TPSA) is 136 Å². The van der Waals surface area contributed by atoms with E-state index in [1.54, 1.807) is 0 Å². The Morgan fingerprint density at radius 2 is 2.00 bits per heavy atom. The van der Waals surface area contributed by atoms with E-state index in [2.05, 4.69) is 4.52 Å². The van der Waals surface area contributed by atoms with Crippen molar-refractivity contribution in [2.75, 3.05) is 6.54 Å². The minimum absolute atomic E-state index is 0. The number of halogens is 1. The predicted octanol–water partition coefficient (Wildman–Crippen LogP) is -1.16. The minimum Gasteiger partial charge on any atom is -0.369 e. The quantitative estimate of drug-likeness (QED) is 0.439. The van der Waals surface area contributed by atoms with Gasteiger partial charge in [0.25, 0.3) is 0 Å². The highest BCUT2D eigenvalue weighted by Gasteiger charge is 2.24. The second-order valence-electron chi connectivity index (χ2n) is 2.44. The van der Waals surface area contributed by atoms with Crippen LogP contribution in [0.5, 0.6) is 0 Å². The summed E-state index contributed by atoms with van der Waals surface area (Å²) in [7, 11) is -4.77. The summed E-state index contributed by atoms with van der Waals surface area (Å²) >= 11 is 0. The molecule has 0 aliphatic heterocycles. The molecule has 0 heterocycles. The van der Waals surface area contributed by atoms with E-state index in [1.165, 1.54) is 0 Å². The normalized spacial score (nSPS) is 12.9. The molecule has 1 atom stereocenters. The third-order valence-corrected chi connectivity index (χ3v) is 1.65. The SMILES string of the molecule is F.NCCC[C@@H](N)C(=O)OP(=O)(O)O. The van der Waals surface area contributed by atoms with Crippen LogP contribution in [0.15, 0.2) is 0 Å². The van der Waals surface area contributed by atoms with Crippen molar-refractivity contribution in [1.82, 2.24) is 0 Å². The molecule has 0 aromatic rings. The maximum atomic E-state index is 10.8. The van der Waals surface area contributed by atoms with Gasteiger partial charge in [-0.15, -0.1) is 0 Å². The summed E-state index contributed by atoms with van der Waals surface area (Å²) in [5, 5.41) is 0. The molecule has 0 aliphatic carbocycles. The van der Waals surface area contributed by atoms with Gasteiger partial charge in [-0.2, -0.15) is 0 Å². The molecule has 7 nitrogen and oxygen atoms in total. The predicted molar refractivity (Wildman–Crippen MR) is 46.9 cm³/mol. The fourth-order valence-electron chi connectivity index (χ4n) is 0.641. The molecule has 9 heteroatoms. The van der Waals surface area contributed by atoms with Crippen LogP contribution >= 0.6 is 7.82 Å². The summed E-state index contributed by atoms with van der Waals surface area (Å²) in [4.78, 5) is 27.3. The van der Waals surface area contributed by atoms with Crippen molar-refractivity contribution in [3.63, 3.8) is 0 Å². The average Bonchev–Trinajstić information content (AvgIpc) is 1.96. The molecule has 0 saturated heterocycles. The Bertz CT molecular complexity index is 220. The van der Waals surface area contributed by atoms with Gasteiger partial charge in [0.1, 0.15) is 6.04 Å². The van der Waals surface area contributed by atoms with E-state index in [0.29, 0.717) is 13.0 Å². The molecule has 0 spiro atoms. The van der Waals surface area contributed by atoms with Crippen molar-refractivity contribution >= 4 is 13.8 Å². The first-order valence-corrected chi connectivity index (χ1v) is 5.14. The molecule has 0 radical (unpaired) electrons. The van der Waals surface area contributed by atoms with Gasteiger partial charge in [0, 0.05) is 0 Å². The molecular weight excluding hydrogens is 218 g/mol. The van der Waals surface area contributed by atoms with Gasteiger partial charge in [-0.25, -0.2) is 9.36 Å². The third-order valence-electron chi connectivity index (χ3n) is 1.23. The van der Waals surface area contributed by atoms with E-state index in [1.807, 2.05) is 0 Å². The highest BCUT2D eigenvalue weighted by Crippen LogP contribution is 2.36. The molecule has 86 valence electrons. The van der Waals surface area contributed by atoms with E-state index in [0.717, 1.165) is 0 Å². The smallest absolute Gasteiger partial charge is 0.369 e. The van der Waals surface area contributed by atoms with Crippen molar-refractivity contribution in [3.05, 3.63) is 0 Å². The Hall–Kier alpha value is -0.530. The third kappa shape index (κ3) is 8.09. The van der Waals surface area contributed by atoms with Crippen LogP contribution in [-0.2, 0) is 13.9 Å². The Labute approximate surface area is 80.0 Å². The van der Waals surface area contributed by atoms with Gasteiger partial charge in [0.15, 0.2) is 0 Å². The number of phosphoric acid groups is 1. The molecule has 0 aromatic carbocycles. The first-order chi connectivity index (χ1) is 5.87. The van der Waals surface area contributed by atoms with E-state index in [-0.39, 0.29) is 11.1 Å². The molecule has 0 rings (SSSR count). The van der Waals surface area contributed by atoms with Crippen LogP contribution in [0.3, 0.4) is 0 Å². The van der Waals surface area contributed by atoms with Gasteiger partial charge in [-0.1, -0.05) is 0 Å². The zero-order valence-corrected chi connectivity index (χ0v) is 8.22. The van der Waals surface area contributed by atoms with Gasteiger partial charge in [0.05, 0.1) is 0 Å². The van der Waals surface area contributed by atoms with Crippen LogP contribution in [0, 0.1) is 0 Å². The summed E-state index contributed by atoms with van der Waals surface area (Å²) < 4.78 is 13.9. The van der Waals surface area contributed by atoms with Crippen LogP contribution < -0.4 is 11.5 Å². The van der Waals surface area contributed by atoms with Crippen molar-refractivity contribution < 1.29 is 28.4 Å². The number of nitrogens with two attached hydrogens (primary N) is 2. The maximum Gasteiger partial charge on any atom is 0.527 e. The summed E-state index contributed by atoms with van der Waals surface area (Å²) in [6.07, 6.45) is 0.743. The van der Waals surface area contributed by atoms with E-state index in [9.17, 15) is 9.36 Å². The Kier molecular flexibility index (Phi) is 7.80. The second-order valence-corrected chi connectivity index (χ2v) is 3.60. The highest BCUT2D eigenvalue weighted by molar-refractivity contribution is 7.46. The molecule has 14 heavy (non-hydrogen) atoms. The zero-order valence-electron chi connectivity index (χ0n) is 7.33. The summed E-state index contributed by atoms with van der Waals surface area (Å²) in [6, 6.07) is -1.03. The van der Waals surface area contributed by atoms with Crippen molar-refractivity contribution in [3.8, 4) is 0 Å². The number of phosphoric ester groups is 1. The second kappa shape index (κ2) is 6.86. The molecule has 0 aliphatic rings. The van der Waals surface area contributed by atoms with Crippen LogP contribution in [-0.4, -0.2) is 28.3 Å². The van der Waals surface area contributed by atoms with E-state index < -0.39 is 19.8 Å². The van der Waals surface area contributed by atoms with Crippen LogP contribution in [0.2, 0.25) is 0 Å². The fourth-order valence-corrected chi connectivity index (χ4v) is 1.01. The lowest BCUT2D eigenvalue weighted by Crippen LogP contribution is -2.32. The lowest BCUT2D eigenvalue weighted by Gasteiger charge is -2.10. The van der Waals surface area contributed by atoms with Gasteiger partial charge < -0.3 is 16.0 Å². The Balaban J connectivity index is 0. The summed E-state index contributed by atoms with van der Waals surface area (Å²) in [5.41, 5.74) is 10.4. The van der Waals surface area contributed by atoms with Crippen LogP contribution in [0.25, 0.3) is 0 Å². The zero-order chi connectivity index (χ0) is 10.5. The molecular formula is C5H14FN2O5P. The largest absolute Gasteiger partial charge is 0.527 e. The fraction of sp³-hybridized carbons (Fsp3) is 0.800. The molecule has 0 aromatic heterocycles. The first kappa shape index (κ1) is 15.9. The molecule has 6 N–H and O–H groups in total. The van der Waals surface area contributed by atoms with Crippen LogP contribution in [0.4, 0.5) is 4.70 Å². The molecule has 0 bridgehead atoms. The standard InChI is InChI=1S/C5H13N2O5P.FH/c6-3-1-2-4(7)5(8)12-13(9,10)11;/h4H,1-3,6-7H2,(H2,9,10,11);1H/t4-;/m1./s1. The van der Waals surface area contributed by atoms with Crippen molar-refractivity contribution in [2.24, 2.45) is 11.5 Å². The molecule has 0 saturated carbocycles. The van der Waals surface area contributed by atoms with E-state index in [4.69, 9.17) is 21.3 Å².